The number of anilines is 2. The molecule has 0 fully saturated rings. The Morgan fingerprint density at radius 2 is 1.74 bits per heavy atom. The zero-order chi connectivity index (χ0) is 24.3. The third kappa shape index (κ3) is 5.13. The van der Waals surface area contributed by atoms with Gasteiger partial charge in [-0.1, -0.05) is 29.8 Å². The van der Waals surface area contributed by atoms with Crippen molar-refractivity contribution in [2.45, 2.75) is 11.8 Å². The Balaban J connectivity index is 1.62. The molecule has 0 atom stereocenters. The predicted molar refractivity (Wildman–Crippen MR) is 129 cm³/mol. The van der Waals surface area contributed by atoms with Crippen molar-refractivity contribution in [2.75, 3.05) is 10.0 Å². The van der Waals surface area contributed by atoms with Gasteiger partial charge >= 0.3 is 5.97 Å². The highest BCUT2D eigenvalue weighted by atomic mass is 32.2. The summed E-state index contributed by atoms with van der Waals surface area (Å²) in [6, 6.07) is 18.5. The van der Waals surface area contributed by atoms with Gasteiger partial charge in [-0.25, -0.2) is 13.2 Å². The largest absolute Gasteiger partial charge is 0.478 e. The first-order valence-corrected chi connectivity index (χ1v) is 11.6. The van der Waals surface area contributed by atoms with E-state index in [4.69, 9.17) is 5.11 Å². The quantitative estimate of drug-likeness (QED) is 0.298. The number of aryl methyl sites for hydroxylation is 1. The Bertz CT molecular complexity index is 1520. The second-order valence-corrected chi connectivity index (χ2v) is 9.18. The van der Waals surface area contributed by atoms with Crippen LogP contribution in [0.4, 0.5) is 11.4 Å². The molecule has 0 aliphatic heterocycles. The fourth-order valence-electron chi connectivity index (χ4n) is 3.30. The average molecular weight is 477 g/mol. The SMILES string of the molecule is Cc1ccc(S(=O)(=O)Nc2ccc3[nH]nc(-c4cccc(NC(=O)/C=C\C(=O)O)c4)c3c2)cc1. The highest BCUT2D eigenvalue weighted by Crippen LogP contribution is 2.30. The van der Waals surface area contributed by atoms with Crippen LogP contribution in [0.2, 0.25) is 0 Å². The number of fused-ring (bicyclic) bond motifs is 1. The number of carbonyl (C=O) groups is 2. The Labute approximate surface area is 195 Å². The summed E-state index contributed by atoms with van der Waals surface area (Å²) in [4.78, 5) is 22.6. The first-order valence-electron chi connectivity index (χ1n) is 10.1. The van der Waals surface area contributed by atoms with Crippen molar-refractivity contribution in [3.05, 3.63) is 84.4 Å². The van der Waals surface area contributed by atoms with Gasteiger partial charge in [0.15, 0.2) is 0 Å². The maximum absolute atomic E-state index is 12.8. The second-order valence-electron chi connectivity index (χ2n) is 7.49. The van der Waals surface area contributed by atoms with E-state index in [0.717, 1.165) is 17.7 Å². The monoisotopic (exact) mass is 476 g/mol. The summed E-state index contributed by atoms with van der Waals surface area (Å²) in [7, 11) is -3.77. The molecule has 1 amide bonds. The zero-order valence-electron chi connectivity index (χ0n) is 17.9. The molecule has 1 aromatic heterocycles. The predicted octanol–water partition coefficient (Wildman–Crippen LogP) is 3.92. The summed E-state index contributed by atoms with van der Waals surface area (Å²) in [5.74, 6) is -1.81. The van der Waals surface area contributed by atoms with E-state index in [0.29, 0.717) is 33.5 Å². The van der Waals surface area contributed by atoms with Crippen molar-refractivity contribution < 1.29 is 23.1 Å². The van der Waals surface area contributed by atoms with Crippen molar-refractivity contribution in [1.82, 2.24) is 10.2 Å². The van der Waals surface area contributed by atoms with Gasteiger partial charge in [0, 0.05) is 34.5 Å². The first kappa shape index (κ1) is 22.7. The van der Waals surface area contributed by atoms with Crippen LogP contribution in [0.15, 0.2) is 83.8 Å². The number of nitrogens with zero attached hydrogens (tertiary/aromatic N) is 1. The lowest BCUT2D eigenvalue weighted by Crippen LogP contribution is -2.12. The minimum Gasteiger partial charge on any atom is -0.478 e. The van der Waals surface area contributed by atoms with E-state index in [1.54, 1.807) is 66.7 Å². The molecule has 0 aliphatic rings. The van der Waals surface area contributed by atoms with Crippen LogP contribution < -0.4 is 10.0 Å². The van der Waals surface area contributed by atoms with E-state index in [-0.39, 0.29) is 4.90 Å². The standard InChI is InChI=1S/C24H20N4O5S/c1-15-5-8-19(9-6-15)34(32,33)28-18-7-10-21-20(14-18)24(27-26-21)16-3-2-4-17(13-16)25-22(29)11-12-23(30)31/h2-14,28H,1H3,(H,25,29)(H,26,27)(H,30,31)/b12-11-. The molecule has 9 nitrogen and oxygen atoms in total. The van der Waals surface area contributed by atoms with Gasteiger partial charge in [0.2, 0.25) is 5.91 Å². The lowest BCUT2D eigenvalue weighted by Gasteiger charge is -2.09. The number of rotatable bonds is 7. The number of carboxylic acids is 1. The smallest absolute Gasteiger partial charge is 0.328 e. The molecule has 4 rings (SSSR count). The lowest BCUT2D eigenvalue weighted by atomic mass is 10.1. The number of amides is 1. The van der Waals surface area contributed by atoms with E-state index >= 15 is 0 Å². The number of hydrogen-bond acceptors (Lipinski definition) is 5. The van der Waals surface area contributed by atoms with Gasteiger partial charge < -0.3 is 10.4 Å². The number of nitrogens with one attached hydrogen (secondary N) is 3. The Kier molecular flexibility index (Phi) is 6.15. The Hall–Kier alpha value is -4.44. The summed E-state index contributed by atoms with van der Waals surface area (Å²) in [5, 5.41) is 19.2. The van der Waals surface area contributed by atoms with Crippen LogP contribution in [-0.2, 0) is 19.6 Å². The van der Waals surface area contributed by atoms with Crippen LogP contribution in [-0.4, -0.2) is 35.6 Å². The molecule has 34 heavy (non-hydrogen) atoms. The normalized spacial score (nSPS) is 11.6. The molecule has 4 aromatic rings. The number of aromatic amines is 1. The minimum absolute atomic E-state index is 0.158. The van der Waals surface area contributed by atoms with E-state index in [9.17, 15) is 18.0 Å². The maximum Gasteiger partial charge on any atom is 0.328 e. The molecule has 0 aliphatic carbocycles. The van der Waals surface area contributed by atoms with Gasteiger partial charge in [-0.15, -0.1) is 0 Å². The molecule has 3 aromatic carbocycles. The summed E-state index contributed by atoms with van der Waals surface area (Å²) in [6.07, 6.45) is 1.67. The van der Waals surface area contributed by atoms with Crippen molar-refractivity contribution in [1.29, 1.82) is 0 Å². The van der Waals surface area contributed by atoms with Crippen LogP contribution in [0.1, 0.15) is 5.56 Å². The van der Waals surface area contributed by atoms with E-state index < -0.39 is 21.9 Å². The van der Waals surface area contributed by atoms with E-state index in [2.05, 4.69) is 20.2 Å². The van der Waals surface area contributed by atoms with E-state index in [1.165, 1.54) is 0 Å². The molecule has 1 heterocycles. The van der Waals surface area contributed by atoms with Crippen molar-refractivity contribution >= 4 is 44.2 Å². The van der Waals surface area contributed by atoms with E-state index in [1.807, 2.05) is 6.92 Å². The lowest BCUT2D eigenvalue weighted by molar-refractivity contribution is -0.131. The second kappa shape index (κ2) is 9.20. The van der Waals surface area contributed by atoms with Crippen LogP contribution in [0.25, 0.3) is 22.2 Å². The Morgan fingerprint density at radius 1 is 0.971 bits per heavy atom. The molecule has 0 spiro atoms. The van der Waals surface area contributed by atoms with Crippen LogP contribution in [0.5, 0.6) is 0 Å². The van der Waals surface area contributed by atoms with Crippen LogP contribution >= 0.6 is 0 Å². The number of benzene rings is 3. The highest BCUT2D eigenvalue weighted by molar-refractivity contribution is 7.92. The summed E-state index contributed by atoms with van der Waals surface area (Å²) in [5.41, 5.74) is 3.71. The summed E-state index contributed by atoms with van der Waals surface area (Å²) >= 11 is 0. The number of H-pyrrole nitrogens is 1. The zero-order valence-corrected chi connectivity index (χ0v) is 18.8. The molecule has 10 heteroatoms. The van der Waals surface area contributed by atoms with Gasteiger partial charge in [0.1, 0.15) is 5.69 Å². The molecule has 4 N–H and O–H groups in total. The summed E-state index contributed by atoms with van der Waals surface area (Å²) < 4.78 is 28.1. The molecular weight excluding hydrogens is 456 g/mol. The fourth-order valence-corrected chi connectivity index (χ4v) is 4.35. The molecule has 0 radical (unpaired) electrons. The number of hydrogen-bond donors (Lipinski definition) is 4. The number of aliphatic carboxylic acids is 1. The topological polar surface area (TPSA) is 141 Å². The van der Waals surface area contributed by atoms with Crippen molar-refractivity contribution in [3.8, 4) is 11.3 Å². The molecule has 0 saturated carbocycles. The average Bonchev–Trinajstić information content (AvgIpc) is 3.21. The van der Waals surface area contributed by atoms with Crippen LogP contribution in [0, 0.1) is 6.92 Å². The third-order valence-electron chi connectivity index (χ3n) is 4.93. The highest BCUT2D eigenvalue weighted by Gasteiger charge is 2.16. The first-order chi connectivity index (χ1) is 16.2. The molecule has 0 bridgehead atoms. The Morgan fingerprint density at radius 3 is 2.47 bits per heavy atom. The fraction of sp³-hybridized carbons (Fsp3) is 0.0417. The number of sulfonamides is 1. The summed E-state index contributed by atoms with van der Waals surface area (Å²) in [6.45, 7) is 1.88. The number of carboxylic acid groups (broad SMARTS) is 1. The van der Waals surface area contributed by atoms with Gasteiger partial charge in [0.05, 0.1) is 10.4 Å². The van der Waals surface area contributed by atoms with Crippen molar-refractivity contribution in [2.24, 2.45) is 0 Å². The minimum atomic E-state index is -3.77. The van der Waals surface area contributed by atoms with Gasteiger partial charge in [0.25, 0.3) is 10.0 Å². The molecule has 0 unspecified atom stereocenters. The van der Waals surface area contributed by atoms with Gasteiger partial charge in [-0.05, 0) is 49.4 Å². The number of carbonyl (C=O) groups excluding carboxylic acids is 1. The van der Waals surface area contributed by atoms with Gasteiger partial charge in [-0.2, -0.15) is 5.10 Å². The van der Waals surface area contributed by atoms with Gasteiger partial charge in [-0.3, -0.25) is 14.6 Å². The maximum atomic E-state index is 12.8. The van der Waals surface area contributed by atoms with Crippen LogP contribution in [0.3, 0.4) is 0 Å². The number of aromatic nitrogens is 2. The molecule has 0 saturated heterocycles. The van der Waals surface area contributed by atoms with Crippen molar-refractivity contribution in [3.63, 3.8) is 0 Å². The molecule has 172 valence electrons. The molecular formula is C24H20N4O5S. The third-order valence-corrected chi connectivity index (χ3v) is 6.32.